The van der Waals surface area contributed by atoms with Crippen molar-refractivity contribution in [2.24, 2.45) is 0 Å². The Bertz CT molecular complexity index is 507. The minimum atomic E-state index is -3.52. The van der Waals surface area contributed by atoms with Gasteiger partial charge in [-0.15, -0.1) is 0 Å². The molecule has 6 heteroatoms. The van der Waals surface area contributed by atoms with Gasteiger partial charge in [0.2, 0.25) is 10.0 Å². The maximum atomic E-state index is 11.5. The predicted molar refractivity (Wildman–Crippen MR) is 68.7 cm³/mol. The molecule has 0 amide bonds. The van der Waals surface area contributed by atoms with Gasteiger partial charge in [-0.1, -0.05) is 31.2 Å². The van der Waals surface area contributed by atoms with Gasteiger partial charge in [0.1, 0.15) is 6.54 Å². The van der Waals surface area contributed by atoms with E-state index in [1.54, 1.807) is 0 Å². The van der Waals surface area contributed by atoms with Crippen molar-refractivity contribution in [2.45, 2.75) is 19.9 Å². The van der Waals surface area contributed by atoms with E-state index in [1.807, 2.05) is 31.2 Å². The lowest BCUT2D eigenvalue weighted by Gasteiger charge is -2.17. The van der Waals surface area contributed by atoms with Crippen LogP contribution in [0.1, 0.15) is 18.1 Å². The maximum Gasteiger partial charge on any atom is 0.318 e. The molecule has 0 radical (unpaired) electrons. The fourth-order valence-electron chi connectivity index (χ4n) is 1.53. The summed E-state index contributed by atoms with van der Waals surface area (Å²) in [5.41, 5.74) is 1.93. The molecule has 1 aromatic rings. The minimum absolute atomic E-state index is 0.0785. The summed E-state index contributed by atoms with van der Waals surface area (Å²) < 4.78 is 23.9. The van der Waals surface area contributed by atoms with E-state index in [0.29, 0.717) is 0 Å². The zero-order valence-electron chi connectivity index (χ0n) is 10.5. The van der Waals surface area contributed by atoms with E-state index < -0.39 is 22.5 Å². The summed E-state index contributed by atoms with van der Waals surface area (Å²) in [7, 11) is -3.52. The van der Waals surface area contributed by atoms with Crippen LogP contribution in [0.4, 0.5) is 0 Å². The molecule has 0 atom stereocenters. The minimum Gasteiger partial charge on any atom is -0.480 e. The summed E-state index contributed by atoms with van der Waals surface area (Å²) in [4.78, 5) is 10.6. The molecule has 0 aliphatic rings. The molecule has 18 heavy (non-hydrogen) atoms. The van der Waals surface area contributed by atoms with Crippen molar-refractivity contribution in [1.82, 2.24) is 4.31 Å². The smallest absolute Gasteiger partial charge is 0.318 e. The Morgan fingerprint density at radius 3 is 2.11 bits per heavy atom. The topological polar surface area (TPSA) is 74.7 Å². The van der Waals surface area contributed by atoms with Gasteiger partial charge in [0.15, 0.2) is 0 Å². The van der Waals surface area contributed by atoms with Gasteiger partial charge in [0.05, 0.1) is 6.26 Å². The van der Waals surface area contributed by atoms with E-state index in [-0.39, 0.29) is 6.54 Å². The van der Waals surface area contributed by atoms with E-state index in [0.717, 1.165) is 28.1 Å². The molecule has 0 aliphatic carbocycles. The van der Waals surface area contributed by atoms with Crippen LogP contribution in [0.5, 0.6) is 0 Å². The number of sulfonamides is 1. The third kappa shape index (κ3) is 4.46. The number of carboxylic acid groups (broad SMARTS) is 1. The Morgan fingerprint density at radius 2 is 1.72 bits per heavy atom. The molecule has 100 valence electrons. The molecule has 0 aromatic heterocycles. The van der Waals surface area contributed by atoms with Crippen LogP contribution >= 0.6 is 0 Å². The fourth-order valence-corrected chi connectivity index (χ4v) is 2.25. The summed E-state index contributed by atoms with van der Waals surface area (Å²) in [6.07, 6.45) is 1.92. The van der Waals surface area contributed by atoms with Gasteiger partial charge in [-0.25, -0.2) is 8.42 Å². The standard InChI is InChI=1S/C12H17NO4S/c1-3-10-4-6-11(7-5-10)8-13(9-12(14)15)18(2,16)17/h4-7H,3,8-9H2,1-2H3,(H,14,15). The number of carbonyl (C=O) groups is 1. The number of nitrogens with zero attached hydrogens (tertiary/aromatic N) is 1. The largest absolute Gasteiger partial charge is 0.480 e. The normalized spacial score (nSPS) is 11.7. The van der Waals surface area contributed by atoms with Crippen molar-refractivity contribution < 1.29 is 18.3 Å². The molecule has 0 bridgehead atoms. The zero-order valence-corrected chi connectivity index (χ0v) is 11.3. The number of hydrogen-bond acceptors (Lipinski definition) is 3. The molecule has 1 aromatic carbocycles. The van der Waals surface area contributed by atoms with E-state index in [9.17, 15) is 13.2 Å². The van der Waals surface area contributed by atoms with Gasteiger partial charge in [0.25, 0.3) is 0 Å². The monoisotopic (exact) mass is 271 g/mol. The van der Waals surface area contributed by atoms with Crippen molar-refractivity contribution in [2.75, 3.05) is 12.8 Å². The van der Waals surface area contributed by atoms with Crippen molar-refractivity contribution >= 4 is 16.0 Å². The van der Waals surface area contributed by atoms with Crippen LogP contribution in [0.15, 0.2) is 24.3 Å². The number of aryl methyl sites for hydroxylation is 1. The Labute approximate surface area is 107 Å². The molecule has 0 aliphatic heterocycles. The van der Waals surface area contributed by atoms with Crippen LogP contribution < -0.4 is 0 Å². The first-order valence-electron chi connectivity index (χ1n) is 5.57. The Balaban J connectivity index is 2.85. The second-order valence-electron chi connectivity index (χ2n) is 4.09. The molecule has 0 spiro atoms. The van der Waals surface area contributed by atoms with Crippen LogP contribution in [0, 0.1) is 0 Å². The highest BCUT2D eigenvalue weighted by Gasteiger charge is 2.19. The summed E-state index contributed by atoms with van der Waals surface area (Å²) in [6.45, 7) is 1.59. The first-order valence-corrected chi connectivity index (χ1v) is 7.42. The molecule has 0 unspecified atom stereocenters. The Kier molecular flexibility index (Phi) is 4.86. The van der Waals surface area contributed by atoms with Gasteiger partial charge < -0.3 is 5.11 Å². The number of aliphatic carboxylic acids is 1. The average molecular weight is 271 g/mol. The van der Waals surface area contributed by atoms with Crippen LogP contribution in [0.3, 0.4) is 0 Å². The quantitative estimate of drug-likeness (QED) is 0.840. The summed E-state index contributed by atoms with van der Waals surface area (Å²) in [6, 6.07) is 7.46. The number of carboxylic acids is 1. The van der Waals surface area contributed by atoms with Gasteiger partial charge in [-0.3, -0.25) is 4.79 Å². The number of benzene rings is 1. The first kappa shape index (κ1) is 14.7. The van der Waals surface area contributed by atoms with E-state index in [1.165, 1.54) is 0 Å². The van der Waals surface area contributed by atoms with Crippen molar-refractivity contribution in [1.29, 1.82) is 0 Å². The number of rotatable bonds is 6. The molecule has 5 nitrogen and oxygen atoms in total. The van der Waals surface area contributed by atoms with E-state index in [4.69, 9.17) is 5.11 Å². The van der Waals surface area contributed by atoms with Crippen LogP contribution in [0.2, 0.25) is 0 Å². The molecule has 0 heterocycles. The SMILES string of the molecule is CCc1ccc(CN(CC(=O)O)S(C)(=O)=O)cc1. The van der Waals surface area contributed by atoms with E-state index in [2.05, 4.69) is 0 Å². The van der Waals surface area contributed by atoms with Crippen LogP contribution in [-0.4, -0.2) is 36.6 Å². The number of hydrogen-bond donors (Lipinski definition) is 1. The van der Waals surface area contributed by atoms with E-state index >= 15 is 0 Å². The highest BCUT2D eigenvalue weighted by molar-refractivity contribution is 7.88. The van der Waals surface area contributed by atoms with Gasteiger partial charge >= 0.3 is 5.97 Å². The van der Waals surface area contributed by atoms with Crippen LogP contribution in [-0.2, 0) is 27.8 Å². The predicted octanol–water partition coefficient (Wildman–Crippen LogP) is 1.10. The second-order valence-corrected chi connectivity index (χ2v) is 6.08. The lowest BCUT2D eigenvalue weighted by Crippen LogP contribution is -2.34. The van der Waals surface area contributed by atoms with Gasteiger partial charge in [0, 0.05) is 6.54 Å². The summed E-state index contributed by atoms with van der Waals surface area (Å²) in [5, 5.41) is 8.70. The fraction of sp³-hybridized carbons (Fsp3) is 0.417. The lowest BCUT2D eigenvalue weighted by atomic mass is 10.1. The van der Waals surface area contributed by atoms with Crippen LogP contribution in [0.25, 0.3) is 0 Å². The molecular weight excluding hydrogens is 254 g/mol. The molecule has 0 fully saturated rings. The third-order valence-corrected chi connectivity index (χ3v) is 3.77. The molecule has 1 N–H and O–H groups in total. The molecule has 0 saturated heterocycles. The maximum absolute atomic E-state index is 11.5. The summed E-state index contributed by atoms with van der Waals surface area (Å²) >= 11 is 0. The van der Waals surface area contributed by atoms with Crippen molar-refractivity contribution in [3.63, 3.8) is 0 Å². The Morgan fingerprint density at radius 1 is 1.22 bits per heavy atom. The molecule has 1 rings (SSSR count). The average Bonchev–Trinajstić information content (AvgIpc) is 2.27. The Hall–Kier alpha value is -1.40. The van der Waals surface area contributed by atoms with Crippen molar-refractivity contribution in [3.8, 4) is 0 Å². The molecule has 0 saturated carbocycles. The lowest BCUT2D eigenvalue weighted by molar-refractivity contribution is -0.137. The van der Waals surface area contributed by atoms with Crippen molar-refractivity contribution in [3.05, 3.63) is 35.4 Å². The highest BCUT2D eigenvalue weighted by atomic mass is 32.2. The zero-order chi connectivity index (χ0) is 13.8. The third-order valence-electron chi connectivity index (χ3n) is 2.57. The summed E-state index contributed by atoms with van der Waals surface area (Å²) in [5.74, 6) is -1.16. The second kappa shape index (κ2) is 5.97. The van der Waals surface area contributed by atoms with Gasteiger partial charge in [-0.2, -0.15) is 4.31 Å². The highest BCUT2D eigenvalue weighted by Crippen LogP contribution is 2.10. The molecular formula is C12H17NO4S. The first-order chi connectivity index (χ1) is 8.32. The van der Waals surface area contributed by atoms with Gasteiger partial charge in [-0.05, 0) is 17.5 Å².